The van der Waals surface area contributed by atoms with E-state index < -0.39 is 11.4 Å². The summed E-state index contributed by atoms with van der Waals surface area (Å²) in [5.74, 6) is -0.0382. The molecule has 1 aliphatic rings. The van der Waals surface area contributed by atoms with Crippen molar-refractivity contribution in [3.63, 3.8) is 0 Å². The summed E-state index contributed by atoms with van der Waals surface area (Å²) in [5.41, 5.74) is 1.49. The van der Waals surface area contributed by atoms with Gasteiger partial charge < -0.3 is 25.0 Å². The molecule has 1 aliphatic heterocycles. The van der Waals surface area contributed by atoms with E-state index in [1.807, 2.05) is 29.2 Å². The Morgan fingerprint density at radius 3 is 2.53 bits per heavy atom. The molecule has 2 aromatic carbocycles. The minimum Gasteiger partial charge on any atom is -0.491 e. The van der Waals surface area contributed by atoms with Crippen LogP contribution in [0.3, 0.4) is 0 Å². The molecule has 9 heteroatoms. The topological polar surface area (TPSA) is 89.3 Å². The normalized spacial score (nSPS) is 18.2. The van der Waals surface area contributed by atoms with Crippen molar-refractivity contribution >= 4 is 17.3 Å². The van der Waals surface area contributed by atoms with E-state index in [1.54, 1.807) is 37.4 Å². The molecule has 1 aromatic heterocycles. The Kier molecular flexibility index (Phi) is 8.43. The number of halogens is 2. The maximum atomic E-state index is 15.2. The largest absolute Gasteiger partial charge is 0.491 e. The number of anilines is 1. The fourth-order valence-corrected chi connectivity index (χ4v) is 4.70. The summed E-state index contributed by atoms with van der Waals surface area (Å²) in [6, 6.07) is 15.6. The lowest BCUT2D eigenvalue weighted by atomic mass is 9.94. The maximum Gasteiger partial charge on any atom is 0.150 e. The summed E-state index contributed by atoms with van der Waals surface area (Å²) in [5, 5.41) is 30.1. The van der Waals surface area contributed by atoms with Gasteiger partial charge in [0, 0.05) is 49.0 Å². The molecule has 36 heavy (non-hydrogen) atoms. The SMILES string of the molecule is C[C@@](O)(CN1CCN(c2ccc(OCCO)cc2F)[C@H](c2ccc(Cl)cc2)C1)c1ccc(CO)nc1. The highest BCUT2D eigenvalue weighted by atomic mass is 35.5. The molecule has 0 spiro atoms. The monoisotopic (exact) mass is 515 g/mol. The Morgan fingerprint density at radius 1 is 1.11 bits per heavy atom. The summed E-state index contributed by atoms with van der Waals surface area (Å²) in [6.07, 6.45) is 1.59. The van der Waals surface area contributed by atoms with Gasteiger partial charge in [0.15, 0.2) is 0 Å². The second-order valence-corrected chi connectivity index (χ2v) is 9.59. The number of aromatic nitrogens is 1. The number of aliphatic hydroxyl groups is 3. The average molecular weight is 516 g/mol. The third-order valence-electron chi connectivity index (χ3n) is 6.45. The molecule has 0 saturated carbocycles. The Morgan fingerprint density at radius 2 is 1.89 bits per heavy atom. The van der Waals surface area contributed by atoms with Crippen molar-refractivity contribution in [1.82, 2.24) is 9.88 Å². The van der Waals surface area contributed by atoms with Gasteiger partial charge in [-0.2, -0.15) is 0 Å². The van der Waals surface area contributed by atoms with Crippen molar-refractivity contribution in [2.24, 2.45) is 0 Å². The highest BCUT2D eigenvalue weighted by Crippen LogP contribution is 2.35. The van der Waals surface area contributed by atoms with E-state index in [0.717, 1.165) is 5.56 Å². The van der Waals surface area contributed by atoms with Crippen LogP contribution in [-0.4, -0.2) is 64.6 Å². The van der Waals surface area contributed by atoms with Gasteiger partial charge in [-0.05, 0) is 42.8 Å². The number of hydrogen-bond acceptors (Lipinski definition) is 7. The fraction of sp³-hybridized carbons (Fsp3) is 0.370. The fourth-order valence-electron chi connectivity index (χ4n) is 4.58. The Labute approximate surface area is 215 Å². The predicted octanol–water partition coefficient (Wildman–Crippen LogP) is 3.51. The van der Waals surface area contributed by atoms with Crippen molar-refractivity contribution in [2.45, 2.75) is 25.2 Å². The summed E-state index contributed by atoms with van der Waals surface area (Å²) in [4.78, 5) is 8.38. The molecular formula is C27H31ClFN3O4. The summed E-state index contributed by atoms with van der Waals surface area (Å²) < 4.78 is 20.5. The molecule has 3 N–H and O–H groups in total. The second-order valence-electron chi connectivity index (χ2n) is 9.15. The molecule has 7 nitrogen and oxygen atoms in total. The van der Waals surface area contributed by atoms with Crippen LogP contribution in [-0.2, 0) is 12.2 Å². The van der Waals surface area contributed by atoms with Crippen molar-refractivity contribution < 1.29 is 24.4 Å². The lowest BCUT2D eigenvalue weighted by molar-refractivity contribution is 0.00991. The first-order chi connectivity index (χ1) is 17.3. The standard InChI is InChI=1S/C27H31ClFN3O4/c1-27(35,20-4-7-22(17-34)30-15-20)18-31-10-11-32(26(16-31)19-2-5-21(28)6-3-19)25-9-8-23(14-24(25)29)36-13-12-33/h2-9,14-15,26,33-35H,10-13,16-18H2,1H3/t26-,27+/m0/s1. The first-order valence-electron chi connectivity index (χ1n) is 11.9. The highest BCUT2D eigenvalue weighted by Gasteiger charge is 2.34. The number of ether oxygens (including phenoxy) is 1. The van der Waals surface area contributed by atoms with E-state index in [-0.39, 0.29) is 25.9 Å². The zero-order chi connectivity index (χ0) is 25.7. The summed E-state index contributed by atoms with van der Waals surface area (Å²) in [7, 11) is 0. The lowest BCUT2D eigenvalue weighted by Gasteiger charge is -2.45. The Bertz CT molecular complexity index is 1140. The van der Waals surface area contributed by atoms with Crippen LogP contribution in [0.15, 0.2) is 60.8 Å². The van der Waals surface area contributed by atoms with Crippen LogP contribution < -0.4 is 9.64 Å². The van der Waals surface area contributed by atoms with Gasteiger partial charge in [0.05, 0.1) is 30.6 Å². The van der Waals surface area contributed by atoms with Gasteiger partial charge >= 0.3 is 0 Å². The smallest absolute Gasteiger partial charge is 0.150 e. The molecule has 0 bridgehead atoms. The van der Waals surface area contributed by atoms with Crippen molar-refractivity contribution in [2.75, 3.05) is 44.3 Å². The van der Waals surface area contributed by atoms with Gasteiger partial charge in [-0.25, -0.2) is 4.39 Å². The molecule has 2 atom stereocenters. The number of pyridine rings is 1. The Hall–Kier alpha value is -2.75. The van der Waals surface area contributed by atoms with E-state index in [0.29, 0.717) is 53.9 Å². The van der Waals surface area contributed by atoms with Gasteiger partial charge in [-0.1, -0.05) is 29.8 Å². The van der Waals surface area contributed by atoms with Crippen LogP contribution in [0.1, 0.15) is 29.8 Å². The molecule has 0 radical (unpaired) electrons. The lowest BCUT2D eigenvalue weighted by Crippen LogP contribution is -2.52. The molecule has 1 saturated heterocycles. The quantitative estimate of drug-likeness (QED) is 0.402. The van der Waals surface area contributed by atoms with E-state index in [1.165, 1.54) is 6.07 Å². The van der Waals surface area contributed by atoms with Crippen molar-refractivity contribution in [3.05, 3.63) is 88.5 Å². The van der Waals surface area contributed by atoms with E-state index in [2.05, 4.69) is 9.88 Å². The number of β-amino-alcohol motifs (C(OH)–C–C–N with tert-alkyl or cyclic N) is 1. The Balaban J connectivity index is 1.57. The van der Waals surface area contributed by atoms with Crippen LogP contribution in [0.2, 0.25) is 5.02 Å². The van der Waals surface area contributed by atoms with Crippen molar-refractivity contribution in [3.8, 4) is 5.75 Å². The number of rotatable bonds is 9. The molecular weight excluding hydrogens is 485 g/mol. The van der Waals surface area contributed by atoms with Crippen LogP contribution >= 0.6 is 11.6 Å². The van der Waals surface area contributed by atoms with Gasteiger partial charge in [0.2, 0.25) is 0 Å². The summed E-state index contributed by atoms with van der Waals surface area (Å²) >= 11 is 6.12. The van der Waals surface area contributed by atoms with Crippen LogP contribution in [0.4, 0.5) is 10.1 Å². The molecule has 2 heterocycles. The first kappa shape index (κ1) is 26.3. The van der Waals surface area contributed by atoms with E-state index in [9.17, 15) is 10.2 Å². The van der Waals surface area contributed by atoms with Crippen LogP contribution in [0.25, 0.3) is 0 Å². The molecule has 4 rings (SSSR count). The number of aliphatic hydroxyl groups excluding tert-OH is 2. The first-order valence-corrected chi connectivity index (χ1v) is 12.2. The second kappa shape index (κ2) is 11.5. The van der Waals surface area contributed by atoms with Gasteiger partial charge in [-0.15, -0.1) is 0 Å². The predicted molar refractivity (Wildman–Crippen MR) is 137 cm³/mol. The maximum absolute atomic E-state index is 15.2. The van der Waals surface area contributed by atoms with Gasteiger partial charge in [0.1, 0.15) is 23.8 Å². The van der Waals surface area contributed by atoms with E-state index >= 15 is 4.39 Å². The molecule has 1 fully saturated rings. The third kappa shape index (κ3) is 6.14. The zero-order valence-corrected chi connectivity index (χ0v) is 20.9. The number of benzene rings is 2. The zero-order valence-electron chi connectivity index (χ0n) is 20.1. The van der Waals surface area contributed by atoms with Crippen LogP contribution in [0.5, 0.6) is 5.75 Å². The highest BCUT2D eigenvalue weighted by molar-refractivity contribution is 6.30. The average Bonchev–Trinajstić information content (AvgIpc) is 2.88. The van der Waals surface area contributed by atoms with Gasteiger partial charge in [0.25, 0.3) is 0 Å². The van der Waals surface area contributed by atoms with Gasteiger partial charge in [-0.3, -0.25) is 9.88 Å². The molecule has 192 valence electrons. The molecule has 0 aliphatic carbocycles. The number of piperazine rings is 1. The van der Waals surface area contributed by atoms with E-state index in [4.69, 9.17) is 21.4 Å². The third-order valence-corrected chi connectivity index (χ3v) is 6.70. The summed E-state index contributed by atoms with van der Waals surface area (Å²) in [6.45, 7) is 3.63. The van der Waals surface area contributed by atoms with Crippen molar-refractivity contribution in [1.29, 1.82) is 0 Å². The molecule has 0 amide bonds. The molecule has 3 aromatic rings. The molecule has 0 unspecified atom stereocenters. The number of nitrogens with zero attached hydrogens (tertiary/aromatic N) is 3. The van der Waals surface area contributed by atoms with Crippen LogP contribution in [0, 0.1) is 5.82 Å². The number of hydrogen-bond donors (Lipinski definition) is 3. The minimum atomic E-state index is -1.16. The minimum absolute atomic E-state index is 0.100.